The fourth-order valence-corrected chi connectivity index (χ4v) is 2.69. The van der Waals surface area contributed by atoms with Crippen LogP contribution in [0.2, 0.25) is 0 Å². The number of carbonyl (C=O) groups excluding carboxylic acids is 3. The predicted molar refractivity (Wildman–Crippen MR) is 113 cm³/mol. The molecule has 8 nitrogen and oxygen atoms in total. The van der Waals surface area contributed by atoms with Gasteiger partial charge >= 0.3 is 12.1 Å². The van der Waals surface area contributed by atoms with Gasteiger partial charge in [0, 0.05) is 19.4 Å². The molecular weight excluding hydrogens is 388 g/mol. The average Bonchev–Trinajstić information content (AvgIpc) is 2.68. The largest absolute Gasteiger partial charge is 0.497 e. The number of nitrogens with one attached hydrogen (secondary N) is 2. The zero-order chi connectivity index (χ0) is 22.6. The van der Waals surface area contributed by atoms with Crippen molar-refractivity contribution in [3.8, 4) is 5.75 Å². The lowest BCUT2D eigenvalue weighted by molar-refractivity contribution is -0.145. The molecule has 1 aromatic carbocycles. The van der Waals surface area contributed by atoms with Crippen molar-refractivity contribution in [2.45, 2.75) is 64.5 Å². The molecule has 0 aromatic heterocycles. The summed E-state index contributed by atoms with van der Waals surface area (Å²) < 4.78 is 15.1. The second-order valence-electron chi connectivity index (χ2n) is 7.93. The highest BCUT2D eigenvalue weighted by Crippen LogP contribution is 2.13. The van der Waals surface area contributed by atoms with E-state index < -0.39 is 23.7 Å². The molecule has 0 aliphatic heterocycles. The summed E-state index contributed by atoms with van der Waals surface area (Å²) in [5.74, 6) is 0.0262. The normalized spacial score (nSPS) is 11.9. The van der Waals surface area contributed by atoms with E-state index in [2.05, 4.69) is 10.6 Å². The molecule has 0 saturated carbocycles. The topological polar surface area (TPSA) is 103 Å². The Kier molecular flexibility index (Phi) is 10.7. The second kappa shape index (κ2) is 12.7. The summed E-state index contributed by atoms with van der Waals surface area (Å²) in [6, 6.07) is 6.55. The van der Waals surface area contributed by atoms with Crippen molar-refractivity contribution in [1.82, 2.24) is 10.6 Å². The monoisotopic (exact) mass is 422 g/mol. The number of amides is 2. The van der Waals surface area contributed by atoms with Crippen molar-refractivity contribution < 1.29 is 28.6 Å². The molecule has 0 aliphatic carbocycles. The first-order chi connectivity index (χ1) is 14.1. The molecule has 1 rings (SSSR count). The van der Waals surface area contributed by atoms with Crippen LogP contribution in [0.15, 0.2) is 24.3 Å². The molecule has 2 amide bonds. The number of carbonyl (C=O) groups is 3. The van der Waals surface area contributed by atoms with Crippen LogP contribution in [0.25, 0.3) is 0 Å². The van der Waals surface area contributed by atoms with Gasteiger partial charge in [0.2, 0.25) is 5.91 Å². The first-order valence-corrected chi connectivity index (χ1v) is 10.1. The van der Waals surface area contributed by atoms with Crippen molar-refractivity contribution in [2.24, 2.45) is 0 Å². The molecule has 8 heteroatoms. The van der Waals surface area contributed by atoms with Crippen LogP contribution in [-0.2, 0) is 25.5 Å². The van der Waals surface area contributed by atoms with Crippen LogP contribution in [0, 0.1) is 0 Å². The van der Waals surface area contributed by atoms with E-state index >= 15 is 0 Å². The molecule has 1 aromatic rings. The SMILES string of the molecule is COC(=O)[C@H](Cc1ccc(OC)cc1)NC(=O)CCCCCNC(=O)OC(C)(C)C. The van der Waals surface area contributed by atoms with Crippen LogP contribution >= 0.6 is 0 Å². The van der Waals surface area contributed by atoms with E-state index in [1.807, 2.05) is 12.1 Å². The van der Waals surface area contributed by atoms with E-state index in [0.717, 1.165) is 24.2 Å². The molecule has 168 valence electrons. The maximum atomic E-state index is 12.2. The summed E-state index contributed by atoms with van der Waals surface area (Å²) in [5, 5.41) is 5.43. The fourth-order valence-electron chi connectivity index (χ4n) is 2.69. The average molecular weight is 423 g/mol. The minimum absolute atomic E-state index is 0.209. The molecular formula is C22H34N2O6. The number of methoxy groups -OCH3 is 2. The maximum absolute atomic E-state index is 12.2. The van der Waals surface area contributed by atoms with Crippen molar-refractivity contribution in [2.75, 3.05) is 20.8 Å². The highest BCUT2D eigenvalue weighted by atomic mass is 16.6. The van der Waals surface area contributed by atoms with E-state index in [4.69, 9.17) is 14.2 Å². The van der Waals surface area contributed by atoms with Gasteiger partial charge in [0.05, 0.1) is 14.2 Å². The molecule has 0 saturated heterocycles. The van der Waals surface area contributed by atoms with Crippen LogP contribution in [0.1, 0.15) is 52.0 Å². The van der Waals surface area contributed by atoms with Gasteiger partial charge in [-0.3, -0.25) is 4.79 Å². The fraction of sp³-hybridized carbons (Fsp3) is 0.591. The van der Waals surface area contributed by atoms with Crippen molar-refractivity contribution in [3.63, 3.8) is 0 Å². The van der Waals surface area contributed by atoms with Gasteiger partial charge in [-0.05, 0) is 51.3 Å². The van der Waals surface area contributed by atoms with Crippen molar-refractivity contribution in [3.05, 3.63) is 29.8 Å². The number of benzene rings is 1. The second-order valence-corrected chi connectivity index (χ2v) is 7.93. The zero-order valence-electron chi connectivity index (χ0n) is 18.6. The lowest BCUT2D eigenvalue weighted by Crippen LogP contribution is -2.43. The standard InChI is InChI=1S/C22H34N2O6/c1-22(2,3)30-21(27)23-14-8-6-7-9-19(25)24-18(20(26)29-5)15-16-10-12-17(28-4)13-11-16/h10-13,18H,6-9,14-15H2,1-5H3,(H,23,27)(H,24,25)/t18-/m0/s1. The van der Waals surface area contributed by atoms with Crippen LogP contribution in [0.4, 0.5) is 4.79 Å². The quantitative estimate of drug-likeness (QED) is 0.420. The number of hydrogen-bond acceptors (Lipinski definition) is 6. The first kappa shape index (κ1) is 25.3. The Morgan fingerprint density at radius 2 is 1.67 bits per heavy atom. The molecule has 2 N–H and O–H groups in total. The van der Waals surface area contributed by atoms with Gasteiger partial charge in [-0.2, -0.15) is 0 Å². The van der Waals surface area contributed by atoms with Crippen LogP contribution in [0.5, 0.6) is 5.75 Å². The molecule has 0 aliphatic rings. The van der Waals surface area contributed by atoms with E-state index in [-0.39, 0.29) is 5.91 Å². The summed E-state index contributed by atoms with van der Waals surface area (Å²) in [4.78, 5) is 35.8. The Hall–Kier alpha value is -2.77. The Labute approximate surface area is 178 Å². The third-order valence-corrected chi connectivity index (χ3v) is 4.17. The molecule has 0 radical (unpaired) electrons. The van der Waals surface area contributed by atoms with E-state index in [1.54, 1.807) is 40.0 Å². The Morgan fingerprint density at radius 3 is 2.23 bits per heavy atom. The Morgan fingerprint density at radius 1 is 1.00 bits per heavy atom. The van der Waals surface area contributed by atoms with Gasteiger partial charge in [-0.1, -0.05) is 18.6 Å². The third-order valence-electron chi connectivity index (χ3n) is 4.17. The van der Waals surface area contributed by atoms with Gasteiger partial charge in [0.15, 0.2) is 0 Å². The van der Waals surface area contributed by atoms with Crippen LogP contribution in [-0.4, -0.2) is 50.4 Å². The van der Waals surface area contributed by atoms with Gasteiger partial charge in [0.1, 0.15) is 17.4 Å². The molecule has 0 fully saturated rings. The lowest BCUT2D eigenvalue weighted by atomic mass is 10.1. The number of hydrogen-bond donors (Lipinski definition) is 2. The summed E-state index contributed by atoms with van der Waals surface area (Å²) in [7, 11) is 2.88. The summed E-state index contributed by atoms with van der Waals surface area (Å²) in [6.07, 6.45) is 2.34. The van der Waals surface area contributed by atoms with Crippen LogP contribution < -0.4 is 15.4 Å². The summed E-state index contributed by atoms with van der Waals surface area (Å²) in [6.45, 7) is 5.91. The van der Waals surface area contributed by atoms with E-state index in [1.165, 1.54) is 7.11 Å². The predicted octanol–water partition coefficient (Wildman–Crippen LogP) is 2.98. The minimum Gasteiger partial charge on any atom is -0.497 e. The highest BCUT2D eigenvalue weighted by molar-refractivity contribution is 5.84. The number of rotatable bonds is 11. The summed E-state index contributed by atoms with van der Waals surface area (Å²) >= 11 is 0. The Bertz CT molecular complexity index is 682. The third kappa shape index (κ3) is 10.7. The number of esters is 1. The summed E-state index contributed by atoms with van der Waals surface area (Å²) in [5.41, 5.74) is 0.365. The van der Waals surface area contributed by atoms with Crippen LogP contribution in [0.3, 0.4) is 0 Å². The van der Waals surface area contributed by atoms with Crippen molar-refractivity contribution >= 4 is 18.0 Å². The maximum Gasteiger partial charge on any atom is 0.407 e. The first-order valence-electron chi connectivity index (χ1n) is 10.1. The van der Waals surface area contributed by atoms with Gasteiger partial charge < -0.3 is 24.8 Å². The van der Waals surface area contributed by atoms with E-state index in [0.29, 0.717) is 25.8 Å². The molecule has 1 atom stereocenters. The zero-order valence-corrected chi connectivity index (χ0v) is 18.6. The minimum atomic E-state index is -0.746. The lowest BCUT2D eigenvalue weighted by Gasteiger charge is -2.19. The van der Waals surface area contributed by atoms with Gasteiger partial charge in [-0.25, -0.2) is 9.59 Å². The number of alkyl carbamates (subject to hydrolysis) is 1. The molecule has 0 spiro atoms. The van der Waals surface area contributed by atoms with Gasteiger partial charge in [-0.15, -0.1) is 0 Å². The molecule has 30 heavy (non-hydrogen) atoms. The van der Waals surface area contributed by atoms with Gasteiger partial charge in [0.25, 0.3) is 0 Å². The molecule has 0 bridgehead atoms. The van der Waals surface area contributed by atoms with Crippen molar-refractivity contribution in [1.29, 1.82) is 0 Å². The number of unbranched alkanes of at least 4 members (excludes halogenated alkanes) is 2. The Balaban J connectivity index is 2.34. The molecule has 0 unspecified atom stereocenters. The van der Waals surface area contributed by atoms with E-state index in [9.17, 15) is 14.4 Å². The molecule has 0 heterocycles. The highest BCUT2D eigenvalue weighted by Gasteiger charge is 2.22. The smallest absolute Gasteiger partial charge is 0.407 e. The number of ether oxygens (including phenoxy) is 3.